The molecule has 1 aromatic carbocycles. The Morgan fingerprint density at radius 2 is 1.76 bits per heavy atom. The number of benzene rings is 1. The van der Waals surface area contributed by atoms with Crippen LogP contribution in [-0.2, 0) is 25.4 Å². The first-order valence-electron chi connectivity index (χ1n) is 11.1. The van der Waals surface area contributed by atoms with Crippen molar-refractivity contribution in [2.75, 3.05) is 14.1 Å². The van der Waals surface area contributed by atoms with E-state index in [1.165, 1.54) is 24.3 Å². The number of aliphatic hydroxyl groups is 3. The van der Waals surface area contributed by atoms with Crippen molar-refractivity contribution < 1.29 is 38.7 Å². The lowest BCUT2D eigenvalue weighted by atomic mass is 9.79. The van der Waals surface area contributed by atoms with Crippen LogP contribution in [0.4, 0.5) is 4.39 Å². The molecule has 3 fully saturated rings. The molecule has 2 saturated heterocycles. The number of ether oxygens (including phenoxy) is 3. The Kier molecular flexibility index (Phi) is 7.04. The fourth-order valence-electron chi connectivity index (χ4n) is 5.05. The van der Waals surface area contributed by atoms with Crippen LogP contribution in [0.2, 0.25) is 0 Å². The molecule has 0 spiro atoms. The highest BCUT2D eigenvalue weighted by atomic mass is 19.1. The summed E-state index contributed by atoms with van der Waals surface area (Å²) in [5.74, 6) is -2.83. The van der Waals surface area contributed by atoms with Crippen LogP contribution in [0, 0.1) is 5.82 Å². The van der Waals surface area contributed by atoms with Gasteiger partial charge in [-0.3, -0.25) is 4.79 Å². The molecule has 4 rings (SSSR count). The van der Waals surface area contributed by atoms with E-state index in [-0.39, 0.29) is 24.9 Å². The maximum Gasteiger partial charge on any atom is 0.239 e. The maximum atomic E-state index is 13.2. The highest BCUT2D eigenvalue weighted by Crippen LogP contribution is 2.41. The first-order chi connectivity index (χ1) is 15.7. The Balaban J connectivity index is 1.55. The third-order valence-electron chi connectivity index (χ3n) is 6.76. The molecule has 1 aromatic rings. The summed E-state index contributed by atoms with van der Waals surface area (Å²) in [4.78, 5) is 12.7. The van der Waals surface area contributed by atoms with Crippen LogP contribution < -0.4 is 16.0 Å². The van der Waals surface area contributed by atoms with Crippen LogP contribution in [-0.4, -0.2) is 96.0 Å². The van der Waals surface area contributed by atoms with Gasteiger partial charge in [-0.25, -0.2) is 4.39 Å². The quantitative estimate of drug-likeness (QED) is 0.300. The minimum Gasteiger partial charge on any atom is -0.390 e. The largest absolute Gasteiger partial charge is 0.390 e. The van der Waals surface area contributed by atoms with Crippen LogP contribution in [0.5, 0.6) is 0 Å². The summed E-state index contributed by atoms with van der Waals surface area (Å²) in [5, 5.41) is 41.7. The fraction of sp³-hybridized carbons (Fsp3) is 0.682. The minimum absolute atomic E-state index is 0.0138. The van der Waals surface area contributed by atoms with Gasteiger partial charge >= 0.3 is 0 Å². The molecule has 33 heavy (non-hydrogen) atoms. The second-order valence-corrected chi connectivity index (χ2v) is 8.98. The van der Waals surface area contributed by atoms with E-state index in [1.54, 1.807) is 21.0 Å². The van der Waals surface area contributed by atoms with Gasteiger partial charge < -0.3 is 45.5 Å². The number of aliphatic hydroxyl groups excluding tert-OH is 2. The molecule has 11 heteroatoms. The Hall–Kier alpha value is -1.70. The van der Waals surface area contributed by atoms with Crippen molar-refractivity contribution in [2.45, 2.75) is 80.5 Å². The topological polar surface area (TPSA) is 142 Å². The number of amides is 1. The Morgan fingerprint density at radius 1 is 1.09 bits per heavy atom. The van der Waals surface area contributed by atoms with Crippen molar-refractivity contribution in [3.8, 4) is 0 Å². The summed E-state index contributed by atoms with van der Waals surface area (Å²) in [6, 6.07) is 3.35. The predicted molar refractivity (Wildman–Crippen MR) is 113 cm³/mol. The van der Waals surface area contributed by atoms with E-state index < -0.39 is 60.4 Å². The maximum absolute atomic E-state index is 13.2. The molecule has 3 aliphatic rings. The summed E-state index contributed by atoms with van der Waals surface area (Å²) >= 11 is 0. The van der Waals surface area contributed by atoms with Crippen LogP contribution in [0.25, 0.3) is 0 Å². The highest BCUT2D eigenvalue weighted by molar-refractivity contribution is 5.79. The summed E-state index contributed by atoms with van der Waals surface area (Å²) in [6.45, 7) is 1.78. The number of fused-ring (bicyclic) bond motifs is 2. The average molecular weight is 470 g/mol. The van der Waals surface area contributed by atoms with E-state index in [0.29, 0.717) is 5.56 Å². The van der Waals surface area contributed by atoms with Gasteiger partial charge in [0.1, 0.15) is 24.1 Å². The number of likely N-dealkylation sites (N-methyl/N-ethyl adjacent to an activating group) is 2. The van der Waals surface area contributed by atoms with E-state index in [4.69, 9.17) is 14.2 Å². The molecule has 10 atom stereocenters. The van der Waals surface area contributed by atoms with Gasteiger partial charge in [-0.2, -0.15) is 0 Å². The second-order valence-electron chi connectivity index (χ2n) is 8.98. The van der Waals surface area contributed by atoms with E-state index in [1.807, 2.05) is 0 Å². The van der Waals surface area contributed by atoms with Crippen molar-refractivity contribution in [1.29, 1.82) is 0 Å². The molecule has 0 aromatic heterocycles. The number of hydrogen-bond donors (Lipinski definition) is 6. The third kappa shape index (κ3) is 4.52. The molecule has 1 saturated carbocycles. The van der Waals surface area contributed by atoms with Crippen molar-refractivity contribution >= 4 is 5.91 Å². The number of carbonyl (C=O) groups is 1. The van der Waals surface area contributed by atoms with Crippen molar-refractivity contribution in [2.24, 2.45) is 0 Å². The minimum atomic E-state index is -2.05. The van der Waals surface area contributed by atoms with Crippen molar-refractivity contribution in [3.63, 3.8) is 0 Å². The first kappa shape index (κ1) is 24.4. The second kappa shape index (κ2) is 9.51. The Morgan fingerprint density at radius 3 is 2.39 bits per heavy atom. The summed E-state index contributed by atoms with van der Waals surface area (Å²) in [7, 11) is 3.26. The van der Waals surface area contributed by atoms with Gasteiger partial charge in [0.05, 0.1) is 36.8 Å². The molecule has 1 aliphatic carbocycles. The van der Waals surface area contributed by atoms with Gasteiger partial charge in [-0.1, -0.05) is 12.1 Å². The molecule has 6 N–H and O–H groups in total. The third-order valence-corrected chi connectivity index (χ3v) is 6.76. The van der Waals surface area contributed by atoms with Gasteiger partial charge in [0, 0.05) is 0 Å². The average Bonchev–Trinajstić information content (AvgIpc) is 2.76. The summed E-state index contributed by atoms with van der Waals surface area (Å²) in [6.07, 6.45) is -5.38. The zero-order valence-electron chi connectivity index (χ0n) is 18.8. The number of rotatable bonds is 5. The number of nitrogens with one attached hydrogen (secondary N) is 3. The zero-order valence-corrected chi connectivity index (χ0v) is 18.8. The van der Waals surface area contributed by atoms with Gasteiger partial charge in [0.25, 0.3) is 0 Å². The summed E-state index contributed by atoms with van der Waals surface area (Å²) < 4.78 is 31.0. The van der Waals surface area contributed by atoms with Crippen LogP contribution in [0.15, 0.2) is 24.3 Å². The Bertz CT molecular complexity index is 846. The van der Waals surface area contributed by atoms with Crippen LogP contribution in [0.1, 0.15) is 18.9 Å². The highest BCUT2D eigenvalue weighted by Gasteiger charge is 2.63. The van der Waals surface area contributed by atoms with E-state index in [2.05, 4.69) is 16.0 Å². The van der Waals surface area contributed by atoms with E-state index >= 15 is 0 Å². The molecule has 0 radical (unpaired) electrons. The molecule has 10 nitrogen and oxygen atoms in total. The molecule has 3 unspecified atom stereocenters. The van der Waals surface area contributed by atoms with Crippen LogP contribution in [0.3, 0.4) is 0 Å². The van der Waals surface area contributed by atoms with E-state index in [0.717, 1.165) is 0 Å². The molecular formula is C22H32FN3O7. The summed E-state index contributed by atoms with van der Waals surface area (Å²) in [5.41, 5.74) is 0.616. The lowest BCUT2D eigenvalue weighted by Gasteiger charge is -2.58. The van der Waals surface area contributed by atoms with Crippen molar-refractivity contribution in [1.82, 2.24) is 16.0 Å². The van der Waals surface area contributed by atoms with Crippen molar-refractivity contribution in [3.05, 3.63) is 35.6 Å². The lowest BCUT2D eigenvalue weighted by molar-refractivity contribution is -0.449. The van der Waals surface area contributed by atoms with Crippen LogP contribution >= 0.6 is 0 Å². The molecule has 0 bridgehead atoms. The SMILES string of the molecule is CN[C@@H]1[C@H](O)[C@H](NC)C2O[C@]3(O)C(OC2[C@@H]1O)O[C@H](C)C[C@H]3NC(=O)Cc1ccc(F)cc1. The smallest absolute Gasteiger partial charge is 0.239 e. The number of halogens is 1. The molecule has 2 heterocycles. The van der Waals surface area contributed by atoms with Gasteiger partial charge in [-0.15, -0.1) is 0 Å². The van der Waals surface area contributed by atoms with Gasteiger partial charge in [0.2, 0.25) is 18.0 Å². The van der Waals surface area contributed by atoms with Gasteiger partial charge in [-0.05, 0) is 45.1 Å². The lowest BCUT2D eigenvalue weighted by Crippen LogP contribution is -2.79. The number of hydrogen-bond acceptors (Lipinski definition) is 9. The normalized spacial score (nSPS) is 42.8. The molecule has 184 valence electrons. The van der Waals surface area contributed by atoms with E-state index in [9.17, 15) is 24.5 Å². The Labute approximate surface area is 191 Å². The van der Waals surface area contributed by atoms with Gasteiger partial charge in [0.15, 0.2) is 0 Å². The fourth-order valence-corrected chi connectivity index (χ4v) is 5.05. The molecule has 1 amide bonds. The molecular weight excluding hydrogens is 437 g/mol. The predicted octanol–water partition coefficient (Wildman–Crippen LogP) is -1.63. The number of carbonyl (C=O) groups excluding carboxylic acids is 1. The standard InChI is InChI=1S/C22H32FN3O7/c1-10-8-13(26-14(27)9-11-4-6-12(23)7-5-11)22(30)21(31-10)32-20-18(29)15(24-2)17(28)16(25-3)19(20)33-22/h4-7,10,13,15-21,24-25,28-30H,8-9H2,1-3H3,(H,26,27)/t10-,13-,15-,16+,17+,18-,19?,20?,21?,22+/m1/s1. The monoisotopic (exact) mass is 469 g/mol. The zero-order chi connectivity index (χ0) is 23.9. The first-order valence-corrected chi connectivity index (χ1v) is 11.1. The molecule has 2 aliphatic heterocycles.